The van der Waals surface area contributed by atoms with Crippen LogP contribution < -0.4 is 9.64 Å². The van der Waals surface area contributed by atoms with Gasteiger partial charge in [-0.3, -0.25) is 4.79 Å². The number of ether oxygens (including phenoxy) is 1. The fraction of sp³-hybridized carbons (Fsp3) is 0.258. The van der Waals surface area contributed by atoms with Crippen molar-refractivity contribution in [3.8, 4) is 17.0 Å². The van der Waals surface area contributed by atoms with Crippen LogP contribution in [0.3, 0.4) is 0 Å². The Morgan fingerprint density at radius 3 is 2.08 bits per heavy atom. The number of piperidine rings is 1. The zero-order valence-corrected chi connectivity index (χ0v) is 21.2. The van der Waals surface area contributed by atoms with E-state index in [0.717, 1.165) is 53.3 Å². The van der Waals surface area contributed by atoms with E-state index in [4.69, 9.17) is 4.74 Å². The van der Waals surface area contributed by atoms with Crippen molar-refractivity contribution in [3.05, 3.63) is 108 Å². The molecular weight excluding hydrogens is 460 g/mol. The molecule has 0 N–H and O–H groups in total. The second-order valence-corrected chi connectivity index (χ2v) is 9.46. The number of aromatic nitrogens is 2. The molecule has 0 spiro atoms. The average Bonchev–Trinajstić information content (AvgIpc) is 2.98. The predicted molar refractivity (Wildman–Crippen MR) is 146 cm³/mol. The minimum absolute atomic E-state index is 0.0794. The van der Waals surface area contributed by atoms with Crippen LogP contribution in [0.5, 0.6) is 5.75 Å². The number of amides is 1. The molecule has 2 heterocycles. The quantitative estimate of drug-likeness (QED) is 0.321. The Hall–Kier alpha value is -4.19. The highest BCUT2D eigenvalue weighted by Gasteiger charge is 2.30. The van der Waals surface area contributed by atoms with Gasteiger partial charge in [0.25, 0.3) is 0 Å². The van der Waals surface area contributed by atoms with Crippen LogP contribution in [-0.4, -0.2) is 41.2 Å². The van der Waals surface area contributed by atoms with Crippen molar-refractivity contribution in [1.29, 1.82) is 0 Å². The largest absolute Gasteiger partial charge is 0.497 e. The van der Waals surface area contributed by atoms with Crippen LogP contribution >= 0.6 is 0 Å². The zero-order chi connectivity index (χ0) is 25.5. The second kappa shape index (κ2) is 11.7. The summed E-state index contributed by atoms with van der Waals surface area (Å²) in [6.45, 7) is 2.72. The van der Waals surface area contributed by atoms with E-state index in [0.29, 0.717) is 19.6 Å². The fourth-order valence-corrected chi connectivity index (χ4v) is 4.87. The third-order valence-corrected chi connectivity index (χ3v) is 6.88. The average molecular weight is 493 g/mol. The molecule has 0 bridgehead atoms. The zero-order valence-electron chi connectivity index (χ0n) is 21.2. The number of carbonyl (C=O) groups excluding carboxylic acids is 1. The van der Waals surface area contributed by atoms with Crippen LogP contribution in [0.15, 0.2) is 97.1 Å². The smallest absolute Gasteiger partial charge is 0.228 e. The lowest BCUT2D eigenvalue weighted by atomic mass is 9.96. The van der Waals surface area contributed by atoms with Gasteiger partial charge in [-0.2, -0.15) is 0 Å². The van der Waals surface area contributed by atoms with Crippen molar-refractivity contribution in [1.82, 2.24) is 15.1 Å². The number of methoxy groups -OCH3 is 1. The van der Waals surface area contributed by atoms with E-state index in [1.807, 2.05) is 77.7 Å². The van der Waals surface area contributed by atoms with Gasteiger partial charge in [0, 0.05) is 31.7 Å². The Kier molecular flexibility index (Phi) is 7.75. The van der Waals surface area contributed by atoms with Crippen LogP contribution in [0.1, 0.15) is 24.0 Å². The molecule has 1 saturated heterocycles. The molecule has 0 aliphatic carbocycles. The van der Waals surface area contributed by atoms with Gasteiger partial charge in [0.2, 0.25) is 5.91 Å². The monoisotopic (exact) mass is 492 g/mol. The molecule has 5 rings (SSSR count). The Labute approximate surface area is 218 Å². The summed E-state index contributed by atoms with van der Waals surface area (Å²) in [5.74, 6) is 1.74. The van der Waals surface area contributed by atoms with Crippen molar-refractivity contribution < 1.29 is 9.53 Å². The molecule has 37 heavy (non-hydrogen) atoms. The molecule has 1 aromatic heterocycles. The van der Waals surface area contributed by atoms with E-state index in [-0.39, 0.29) is 11.8 Å². The summed E-state index contributed by atoms with van der Waals surface area (Å²) in [5, 5.41) is 8.98. The summed E-state index contributed by atoms with van der Waals surface area (Å²) >= 11 is 0. The number of anilines is 1. The van der Waals surface area contributed by atoms with Crippen molar-refractivity contribution in [2.45, 2.75) is 25.9 Å². The van der Waals surface area contributed by atoms with Crippen LogP contribution in [0.2, 0.25) is 0 Å². The topological polar surface area (TPSA) is 58.6 Å². The summed E-state index contributed by atoms with van der Waals surface area (Å²) in [5.41, 5.74) is 4.08. The molecule has 1 atom stereocenters. The maximum absolute atomic E-state index is 13.8. The minimum atomic E-state index is -0.0794. The van der Waals surface area contributed by atoms with Crippen molar-refractivity contribution in [3.63, 3.8) is 0 Å². The normalized spacial score (nSPS) is 15.3. The summed E-state index contributed by atoms with van der Waals surface area (Å²) in [6, 6.07) is 32.2. The number of hydrogen-bond donors (Lipinski definition) is 0. The molecule has 1 amide bonds. The van der Waals surface area contributed by atoms with Crippen LogP contribution in [0.25, 0.3) is 11.3 Å². The molecule has 0 radical (unpaired) electrons. The second-order valence-electron chi connectivity index (χ2n) is 9.46. The molecule has 4 aromatic rings. The maximum Gasteiger partial charge on any atom is 0.228 e. The third kappa shape index (κ3) is 6.15. The Balaban J connectivity index is 1.29. The van der Waals surface area contributed by atoms with Crippen LogP contribution in [0.4, 0.5) is 5.82 Å². The van der Waals surface area contributed by atoms with Gasteiger partial charge < -0.3 is 14.5 Å². The van der Waals surface area contributed by atoms with Gasteiger partial charge >= 0.3 is 0 Å². The van der Waals surface area contributed by atoms with Gasteiger partial charge in [0.15, 0.2) is 5.82 Å². The summed E-state index contributed by atoms with van der Waals surface area (Å²) in [7, 11) is 1.66. The highest BCUT2D eigenvalue weighted by atomic mass is 16.5. The van der Waals surface area contributed by atoms with E-state index in [2.05, 4.69) is 39.4 Å². The van der Waals surface area contributed by atoms with E-state index in [1.54, 1.807) is 7.11 Å². The van der Waals surface area contributed by atoms with Crippen molar-refractivity contribution in [2.75, 3.05) is 25.1 Å². The number of carbonyl (C=O) groups is 1. The van der Waals surface area contributed by atoms with Gasteiger partial charge in [-0.15, -0.1) is 10.2 Å². The van der Waals surface area contributed by atoms with E-state index in [9.17, 15) is 4.79 Å². The first-order valence-corrected chi connectivity index (χ1v) is 12.8. The van der Waals surface area contributed by atoms with Crippen LogP contribution in [-0.2, 0) is 17.9 Å². The van der Waals surface area contributed by atoms with Gasteiger partial charge in [-0.1, -0.05) is 60.7 Å². The Morgan fingerprint density at radius 2 is 1.51 bits per heavy atom. The summed E-state index contributed by atoms with van der Waals surface area (Å²) < 4.78 is 5.24. The number of benzene rings is 3. The van der Waals surface area contributed by atoms with Gasteiger partial charge in [-0.25, -0.2) is 0 Å². The molecule has 6 nitrogen and oxygen atoms in total. The molecule has 0 saturated carbocycles. The minimum Gasteiger partial charge on any atom is -0.497 e. The lowest BCUT2D eigenvalue weighted by molar-refractivity contribution is -0.137. The van der Waals surface area contributed by atoms with E-state index in [1.165, 1.54) is 0 Å². The van der Waals surface area contributed by atoms with Crippen LogP contribution in [0, 0.1) is 5.92 Å². The molecule has 1 fully saturated rings. The lowest BCUT2D eigenvalue weighted by Crippen LogP contribution is -2.44. The van der Waals surface area contributed by atoms with Gasteiger partial charge in [0.1, 0.15) is 5.75 Å². The van der Waals surface area contributed by atoms with Crippen molar-refractivity contribution >= 4 is 11.7 Å². The first-order chi connectivity index (χ1) is 18.2. The standard InChI is InChI=1S/C31H32N4O2/c1-37-28-16-14-26(15-17-28)29-18-19-30(33-32-29)34-20-8-13-27(23-34)31(36)35(21-24-9-4-2-5-10-24)22-25-11-6-3-7-12-25/h2-7,9-12,14-19,27H,8,13,20-23H2,1H3. The SMILES string of the molecule is COc1ccc(-c2ccc(N3CCCC(C(=O)N(Cc4ccccc4)Cc4ccccc4)C3)nn2)cc1. The molecule has 1 unspecified atom stereocenters. The highest BCUT2D eigenvalue weighted by molar-refractivity contribution is 5.80. The Bertz CT molecular complexity index is 1240. The van der Waals surface area contributed by atoms with E-state index >= 15 is 0 Å². The summed E-state index contributed by atoms with van der Waals surface area (Å²) in [4.78, 5) is 18.0. The molecule has 3 aromatic carbocycles. The molecule has 188 valence electrons. The van der Waals surface area contributed by atoms with Crippen molar-refractivity contribution in [2.24, 2.45) is 5.92 Å². The number of nitrogens with zero attached hydrogens (tertiary/aromatic N) is 4. The van der Waals surface area contributed by atoms with Gasteiger partial charge in [0.05, 0.1) is 18.7 Å². The number of hydrogen-bond acceptors (Lipinski definition) is 5. The predicted octanol–water partition coefficient (Wildman–Crippen LogP) is 5.60. The first-order valence-electron chi connectivity index (χ1n) is 12.8. The lowest BCUT2D eigenvalue weighted by Gasteiger charge is -2.35. The first kappa shape index (κ1) is 24.5. The van der Waals surface area contributed by atoms with E-state index < -0.39 is 0 Å². The highest BCUT2D eigenvalue weighted by Crippen LogP contribution is 2.26. The van der Waals surface area contributed by atoms with Gasteiger partial charge in [-0.05, 0) is 60.4 Å². The summed E-state index contributed by atoms with van der Waals surface area (Å²) in [6.07, 6.45) is 1.83. The molecular formula is C31H32N4O2. The maximum atomic E-state index is 13.8. The molecule has 1 aliphatic rings. The number of rotatable bonds is 8. The fourth-order valence-electron chi connectivity index (χ4n) is 4.87. The molecule has 6 heteroatoms. The third-order valence-electron chi connectivity index (χ3n) is 6.88. The molecule has 1 aliphatic heterocycles. The Morgan fingerprint density at radius 1 is 0.865 bits per heavy atom.